The fourth-order valence-corrected chi connectivity index (χ4v) is 1.92. The summed E-state index contributed by atoms with van der Waals surface area (Å²) in [6.45, 7) is 7.02. The molecule has 1 aromatic heterocycles. The molecule has 0 spiro atoms. The van der Waals surface area contributed by atoms with Crippen LogP contribution < -0.4 is 0 Å². The van der Waals surface area contributed by atoms with Gasteiger partial charge in [0.25, 0.3) is 0 Å². The van der Waals surface area contributed by atoms with Gasteiger partial charge in [-0.05, 0) is 33.2 Å². The highest BCUT2D eigenvalue weighted by Crippen LogP contribution is 2.20. The largest absolute Gasteiger partial charge is 0.304 e. The Hall–Kier alpha value is -1.61. The number of nitrogens with zero attached hydrogens (tertiary/aromatic N) is 3. The lowest BCUT2D eigenvalue weighted by atomic mass is 10.1. The molecule has 1 heterocycles. The van der Waals surface area contributed by atoms with Crippen molar-refractivity contribution < 1.29 is 0 Å². The lowest BCUT2D eigenvalue weighted by molar-refractivity contribution is 0.387. The third kappa shape index (κ3) is 4.21. The highest BCUT2D eigenvalue weighted by molar-refractivity contribution is 5.60. The van der Waals surface area contributed by atoms with Crippen molar-refractivity contribution in [1.29, 1.82) is 0 Å². The molecule has 0 bridgehead atoms. The fourth-order valence-electron chi connectivity index (χ4n) is 1.92. The lowest BCUT2D eigenvalue weighted by Gasteiger charge is -2.08. The molecule has 0 saturated heterocycles. The first kappa shape index (κ1) is 15.4. The van der Waals surface area contributed by atoms with Gasteiger partial charge in [-0.3, -0.25) is 4.68 Å². The highest BCUT2D eigenvalue weighted by Gasteiger charge is 2.07. The third-order valence-electron chi connectivity index (χ3n) is 2.77. The van der Waals surface area contributed by atoms with Crippen molar-refractivity contribution in [3.63, 3.8) is 0 Å². The summed E-state index contributed by atoms with van der Waals surface area (Å²) in [5.74, 6) is 0. The maximum Gasteiger partial charge on any atom is 0.0926 e. The number of hydrogen-bond acceptors (Lipinski definition) is 2. The summed E-state index contributed by atoms with van der Waals surface area (Å²) in [5, 5.41) is 4.57. The molecule has 3 heteroatoms. The van der Waals surface area contributed by atoms with Gasteiger partial charge in [0.05, 0.1) is 11.4 Å². The van der Waals surface area contributed by atoms with Crippen molar-refractivity contribution in [3.8, 4) is 11.3 Å². The summed E-state index contributed by atoms with van der Waals surface area (Å²) in [5.41, 5.74) is 4.73. The number of aromatic nitrogens is 2. The van der Waals surface area contributed by atoms with Gasteiger partial charge in [-0.25, -0.2) is 0 Å². The summed E-state index contributed by atoms with van der Waals surface area (Å²) in [7, 11) is 6.14. The monoisotopic (exact) mass is 259 g/mol. The van der Waals surface area contributed by atoms with E-state index in [1.54, 1.807) is 0 Å². The molecule has 3 nitrogen and oxygen atoms in total. The summed E-state index contributed by atoms with van der Waals surface area (Å²) >= 11 is 0. The van der Waals surface area contributed by atoms with E-state index in [1.807, 2.05) is 25.6 Å². The molecule has 2 rings (SSSR count). The molecule has 104 valence electrons. The zero-order valence-corrected chi connectivity index (χ0v) is 12.9. The summed E-state index contributed by atoms with van der Waals surface area (Å²) < 4.78 is 1.96. The van der Waals surface area contributed by atoms with Crippen molar-refractivity contribution in [3.05, 3.63) is 41.6 Å². The lowest BCUT2D eigenvalue weighted by Crippen LogP contribution is -2.13. The number of benzene rings is 1. The Kier molecular flexibility index (Phi) is 5.77. The number of hydrogen-bond donors (Lipinski definition) is 0. The van der Waals surface area contributed by atoms with E-state index in [0.717, 1.165) is 12.2 Å². The van der Waals surface area contributed by atoms with E-state index < -0.39 is 0 Å². The normalized spacial score (nSPS) is 10.3. The summed E-state index contributed by atoms with van der Waals surface area (Å²) in [6.07, 6.45) is 0. The third-order valence-corrected chi connectivity index (χ3v) is 2.77. The van der Waals surface area contributed by atoms with Gasteiger partial charge in [-0.2, -0.15) is 5.10 Å². The van der Waals surface area contributed by atoms with Crippen LogP contribution in [0.4, 0.5) is 0 Å². The average Bonchev–Trinajstić information content (AvgIpc) is 2.73. The second-order valence-corrected chi connectivity index (χ2v) is 4.75. The van der Waals surface area contributed by atoms with Crippen molar-refractivity contribution in [2.24, 2.45) is 7.05 Å². The molecule has 0 N–H and O–H groups in total. The molecule has 0 amide bonds. The predicted octanol–water partition coefficient (Wildman–Crippen LogP) is 3.48. The van der Waals surface area contributed by atoms with E-state index in [0.29, 0.717) is 0 Å². The van der Waals surface area contributed by atoms with Gasteiger partial charge in [0.1, 0.15) is 0 Å². The van der Waals surface area contributed by atoms with E-state index >= 15 is 0 Å². The Bertz CT molecular complexity index is 512. The first-order valence-electron chi connectivity index (χ1n) is 6.81. The van der Waals surface area contributed by atoms with Crippen LogP contribution in [-0.4, -0.2) is 28.8 Å². The predicted molar refractivity (Wildman–Crippen MR) is 82.1 cm³/mol. The summed E-state index contributed by atoms with van der Waals surface area (Å²) in [4.78, 5) is 2.15. The second kappa shape index (κ2) is 7.10. The second-order valence-electron chi connectivity index (χ2n) is 4.75. The molecule has 0 unspecified atom stereocenters. The molecular formula is C16H25N3. The Labute approximate surface area is 116 Å². The van der Waals surface area contributed by atoms with Crippen molar-refractivity contribution in [1.82, 2.24) is 14.7 Å². The molecule has 1 aromatic carbocycles. The van der Waals surface area contributed by atoms with E-state index in [-0.39, 0.29) is 0 Å². The van der Waals surface area contributed by atoms with Crippen LogP contribution in [0, 0.1) is 6.92 Å². The maximum atomic E-state index is 4.57. The Morgan fingerprint density at radius 2 is 1.84 bits per heavy atom. The molecule has 0 aliphatic carbocycles. The van der Waals surface area contributed by atoms with Crippen molar-refractivity contribution in [2.75, 3.05) is 14.1 Å². The van der Waals surface area contributed by atoms with Crippen molar-refractivity contribution in [2.45, 2.75) is 27.3 Å². The first-order valence-corrected chi connectivity index (χ1v) is 6.81. The molecule has 0 fully saturated rings. The van der Waals surface area contributed by atoms with Gasteiger partial charge in [-0.1, -0.05) is 37.6 Å². The van der Waals surface area contributed by atoms with Gasteiger partial charge >= 0.3 is 0 Å². The zero-order chi connectivity index (χ0) is 14.4. The molecule has 0 radical (unpaired) electrons. The van der Waals surface area contributed by atoms with Crippen LogP contribution in [0.5, 0.6) is 0 Å². The van der Waals surface area contributed by atoms with Gasteiger partial charge < -0.3 is 4.90 Å². The molecule has 0 atom stereocenters. The van der Waals surface area contributed by atoms with Crippen LogP contribution in [0.2, 0.25) is 0 Å². The topological polar surface area (TPSA) is 21.1 Å². The highest BCUT2D eigenvalue weighted by atomic mass is 15.3. The van der Waals surface area contributed by atoms with Crippen LogP contribution in [-0.2, 0) is 13.6 Å². The maximum absolute atomic E-state index is 4.57. The zero-order valence-electron chi connectivity index (χ0n) is 12.9. The molecule has 19 heavy (non-hydrogen) atoms. The van der Waals surface area contributed by atoms with Crippen LogP contribution >= 0.6 is 0 Å². The molecule has 0 aliphatic heterocycles. The number of aryl methyl sites for hydroxylation is 2. The first-order chi connectivity index (χ1) is 9.06. The van der Waals surface area contributed by atoms with Crippen molar-refractivity contribution >= 4 is 0 Å². The van der Waals surface area contributed by atoms with Gasteiger partial charge in [-0.15, -0.1) is 0 Å². The van der Waals surface area contributed by atoms with Crippen LogP contribution in [0.15, 0.2) is 30.3 Å². The summed E-state index contributed by atoms with van der Waals surface area (Å²) in [6, 6.07) is 10.6. The van der Waals surface area contributed by atoms with E-state index in [2.05, 4.69) is 61.3 Å². The fraction of sp³-hybridized carbons (Fsp3) is 0.438. The quantitative estimate of drug-likeness (QED) is 0.841. The Morgan fingerprint density at radius 1 is 1.16 bits per heavy atom. The number of rotatable bonds is 3. The van der Waals surface area contributed by atoms with Gasteiger partial charge in [0.15, 0.2) is 0 Å². The molecule has 0 saturated carbocycles. The standard InChI is InChI=1S/C14H19N3.C2H6/c1-11-6-5-7-12(8-11)14-9-13(10-16(2)3)17(4)15-14;1-2/h5-9H,10H2,1-4H3;1-2H3. The van der Waals surface area contributed by atoms with Gasteiger partial charge in [0, 0.05) is 19.2 Å². The minimum Gasteiger partial charge on any atom is -0.304 e. The average molecular weight is 259 g/mol. The van der Waals surface area contributed by atoms with E-state index in [4.69, 9.17) is 0 Å². The van der Waals surface area contributed by atoms with E-state index in [9.17, 15) is 0 Å². The molecule has 2 aromatic rings. The van der Waals surface area contributed by atoms with Crippen LogP contribution in [0.25, 0.3) is 11.3 Å². The smallest absolute Gasteiger partial charge is 0.0926 e. The minimum atomic E-state index is 0.912. The van der Waals surface area contributed by atoms with Crippen LogP contribution in [0.3, 0.4) is 0 Å². The Balaban J connectivity index is 0.000000861. The molecular weight excluding hydrogens is 234 g/mol. The molecule has 0 aliphatic rings. The van der Waals surface area contributed by atoms with Gasteiger partial charge in [0.2, 0.25) is 0 Å². The minimum absolute atomic E-state index is 0.912. The van der Waals surface area contributed by atoms with Crippen LogP contribution in [0.1, 0.15) is 25.1 Å². The SMILES string of the molecule is CC.Cc1cccc(-c2cc(CN(C)C)n(C)n2)c1. The van der Waals surface area contributed by atoms with E-state index in [1.165, 1.54) is 16.8 Å². The Morgan fingerprint density at radius 3 is 2.42 bits per heavy atom.